The fourth-order valence-corrected chi connectivity index (χ4v) is 4.84. The van der Waals surface area contributed by atoms with E-state index in [1.807, 2.05) is 39.0 Å². The van der Waals surface area contributed by atoms with Crippen molar-refractivity contribution in [2.45, 2.75) is 38.9 Å². The molecule has 10 heteroatoms. The lowest BCUT2D eigenvalue weighted by Crippen LogP contribution is -2.50. The van der Waals surface area contributed by atoms with Crippen LogP contribution in [0.4, 0.5) is 16.2 Å². The molecule has 0 atom stereocenters. The number of halogens is 2. The van der Waals surface area contributed by atoms with Gasteiger partial charge in [-0.1, -0.05) is 11.6 Å². The molecule has 0 radical (unpaired) electrons. The third-order valence-electron chi connectivity index (χ3n) is 5.79. The van der Waals surface area contributed by atoms with Gasteiger partial charge in [-0.25, -0.2) is 9.78 Å². The predicted octanol–water partition coefficient (Wildman–Crippen LogP) is 4.83. The topological polar surface area (TPSA) is 90.2 Å². The number of morpholine rings is 1. The number of rotatable bonds is 5. The number of ether oxygens (including phenoxy) is 3. The van der Waals surface area contributed by atoms with Gasteiger partial charge in [0.2, 0.25) is 0 Å². The number of hydrogen-bond donors (Lipinski definition) is 1. The van der Waals surface area contributed by atoms with E-state index >= 15 is 0 Å². The molecule has 2 saturated heterocycles. The van der Waals surface area contributed by atoms with Gasteiger partial charge in [0, 0.05) is 44.0 Å². The van der Waals surface area contributed by atoms with E-state index in [9.17, 15) is 4.79 Å². The van der Waals surface area contributed by atoms with Gasteiger partial charge in [0.15, 0.2) is 5.75 Å². The molecule has 4 rings (SSSR count). The normalized spacial score (nSPS) is 16.9. The van der Waals surface area contributed by atoms with Crippen LogP contribution in [-0.2, 0) is 16.1 Å². The van der Waals surface area contributed by atoms with Crippen LogP contribution in [0.25, 0.3) is 0 Å². The number of anilines is 2. The maximum Gasteiger partial charge on any atom is 0.410 e. The highest BCUT2D eigenvalue weighted by atomic mass is 79.9. The van der Waals surface area contributed by atoms with Crippen molar-refractivity contribution in [1.82, 2.24) is 9.88 Å². The van der Waals surface area contributed by atoms with E-state index in [4.69, 9.17) is 31.5 Å². The second-order valence-electron chi connectivity index (χ2n) is 9.49. The summed E-state index contributed by atoms with van der Waals surface area (Å²) < 4.78 is 17.8. The molecule has 1 aromatic heterocycles. The number of carbonyl (C=O) groups is 1. The summed E-state index contributed by atoms with van der Waals surface area (Å²) >= 11 is 10.0. The Morgan fingerprint density at radius 3 is 2.65 bits per heavy atom. The zero-order valence-corrected chi connectivity index (χ0v) is 22.0. The molecule has 0 aliphatic carbocycles. The molecule has 2 aromatic rings. The molecular formula is C24H30BrClN4O4. The summed E-state index contributed by atoms with van der Waals surface area (Å²) in [7, 11) is 0. The average Bonchev–Trinajstić information content (AvgIpc) is 2.72. The minimum atomic E-state index is -0.507. The first-order valence-corrected chi connectivity index (χ1v) is 12.4. The molecule has 184 valence electrons. The molecule has 2 aliphatic rings. The van der Waals surface area contributed by atoms with Crippen LogP contribution in [0.3, 0.4) is 0 Å². The zero-order chi connectivity index (χ0) is 24.5. The van der Waals surface area contributed by atoms with Crippen molar-refractivity contribution >= 4 is 45.0 Å². The Kier molecular flexibility index (Phi) is 7.45. The molecule has 0 spiro atoms. The van der Waals surface area contributed by atoms with E-state index in [1.165, 1.54) is 0 Å². The van der Waals surface area contributed by atoms with Gasteiger partial charge in [0.25, 0.3) is 0 Å². The number of pyridine rings is 1. The number of carbonyl (C=O) groups excluding carboxylic acids is 1. The maximum absolute atomic E-state index is 12.2. The number of nitrogen functional groups attached to an aromatic ring is 1. The molecule has 2 aliphatic heterocycles. The van der Waals surface area contributed by atoms with Gasteiger partial charge in [-0.2, -0.15) is 0 Å². The van der Waals surface area contributed by atoms with Gasteiger partial charge in [-0.05, 0) is 60.5 Å². The second-order valence-corrected chi connectivity index (χ2v) is 10.7. The maximum atomic E-state index is 12.2. The minimum Gasteiger partial charge on any atom is -0.485 e. The van der Waals surface area contributed by atoms with E-state index < -0.39 is 5.60 Å². The van der Waals surface area contributed by atoms with Crippen molar-refractivity contribution in [1.29, 1.82) is 0 Å². The number of nitrogens with two attached hydrogens (primary N) is 1. The van der Waals surface area contributed by atoms with Crippen LogP contribution >= 0.6 is 27.5 Å². The smallest absolute Gasteiger partial charge is 0.410 e. The van der Waals surface area contributed by atoms with Crippen LogP contribution in [0.2, 0.25) is 5.15 Å². The van der Waals surface area contributed by atoms with Gasteiger partial charge in [-0.15, -0.1) is 0 Å². The number of benzene rings is 1. The summed E-state index contributed by atoms with van der Waals surface area (Å²) in [6, 6.07) is 5.85. The molecule has 0 bridgehead atoms. The first-order valence-electron chi connectivity index (χ1n) is 11.3. The third kappa shape index (κ3) is 5.70. The van der Waals surface area contributed by atoms with E-state index in [0.717, 1.165) is 34.4 Å². The van der Waals surface area contributed by atoms with Crippen molar-refractivity contribution in [3.05, 3.63) is 45.1 Å². The molecular weight excluding hydrogens is 524 g/mol. The van der Waals surface area contributed by atoms with Crippen LogP contribution in [0.1, 0.15) is 37.8 Å². The van der Waals surface area contributed by atoms with Crippen molar-refractivity contribution in [3.8, 4) is 5.75 Å². The Bertz CT molecular complexity index is 1030. The molecule has 2 N–H and O–H groups in total. The average molecular weight is 554 g/mol. The Hall–Kier alpha value is -2.23. The largest absolute Gasteiger partial charge is 0.485 e. The molecule has 34 heavy (non-hydrogen) atoms. The van der Waals surface area contributed by atoms with Crippen molar-refractivity contribution in [2.75, 3.05) is 50.0 Å². The van der Waals surface area contributed by atoms with Gasteiger partial charge in [0.05, 0.1) is 28.9 Å². The third-order valence-corrected chi connectivity index (χ3v) is 6.71. The fraction of sp³-hybridized carbons (Fsp3) is 0.500. The summed E-state index contributed by atoms with van der Waals surface area (Å²) in [4.78, 5) is 20.4. The Morgan fingerprint density at radius 1 is 1.29 bits per heavy atom. The Balaban J connectivity index is 1.43. The van der Waals surface area contributed by atoms with Crippen LogP contribution in [0, 0.1) is 0 Å². The van der Waals surface area contributed by atoms with E-state index in [-0.39, 0.29) is 18.6 Å². The number of likely N-dealkylation sites (tertiary alicyclic amines) is 1. The summed E-state index contributed by atoms with van der Waals surface area (Å²) in [6.07, 6.45) is 1.41. The molecule has 0 unspecified atom stereocenters. The first-order chi connectivity index (χ1) is 16.1. The monoisotopic (exact) mass is 552 g/mol. The summed E-state index contributed by atoms with van der Waals surface area (Å²) in [6.45, 7) is 9.93. The number of nitrogens with zero attached hydrogens (tertiary/aromatic N) is 3. The number of hydrogen-bond acceptors (Lipinski definition) is 7. The van der Waals surface area contributed by atoms with Gasteiger partial charge >= 0.3 is 6.09 Å². The summed E-state index contributed by atoms with van der Waals surface area (Å²) in [5.74, 6) is 0.751. The molecule has 0 saturated carbocycles. The quantitative estimate of drug-likeness (QED) is 0.419. The van der Waals surface area contributed by atoms with Crippen LogP contribution in [-0.4, -0.2) is 61.0 Å². The van der Waals surface area contributed by atoms with Crippen molar-refractivity contribution in [2.24, 2.45) is 0 Å². The van der Waals surface area contributed by atoms with E-state index in [2.05, 4.69) is 25.8 Å². The van der Waals surface area contributed by atoms with Crippen LogP contribution in [0.15, 0.2) is 28.9 Å². The van der Waals surface area contributed by atoms with Crippen LogP contribution in [0.5, 0.6) is 5.75 Å². The summed E-state index contributed by atoms with van der Waals surface area (Å²) in [5.41, 5.74) is 9.23. The molecule has 8 nitrogen and oxygen atoms in total. The Labute approximate surface area is 213 Å². The lowest BCUT2D eigenvalue weighted by Gasteiger charge is -2.40. The van der Waals surface area contributed by atoms with E-state index in [1.54, 1.807) is 11.1 Å². The summed E-state index contributed by atoms with van der Waals surface area (Å²) in [5, 5.41) is 0.409. The SMILES string of the molecule is CC(C)(C)OC(=O)N1CC(c2cc(N)c(OCc3c(N4CCOCC4)ccnc3Cl)c(Br)c2)C1. The fourth-order valence-electron chi connectivity index (χ4n) is 4.03. The molecule has 2 fully saturated rings. The molecule has 1 amide bonds. The first kappa shape index (κ1) is 24.9. The van der Waals surface area contributed by atoms with Crippen molar-refractivity contribution < 1.29 is 19.0 Å². The minimum absolute atomic E-state index is 0.195. The van der Waals surface area contributed by atoms with Crippen molar-refractivity contribution in [3.63, 3.8) is 0 Å². The lowest BCUT2D eigenvalue weighted by molar-refractivity contribution is 0.00819. The van der Waals surface area contributed by atoms with E-state index in [0.29, 0.717) is 42.9 Å². The van der Waals surface area contributed by atoms with Gasteiger partial charge < -0.3 is 29.7 Å². The zero-order valence-electron chi connectivity index (χ0n) is 19.6. The number of aromatic nitrogens is 1. The van der Waals surface area contributed by atoms with Gasteiger partial charge in [0.1, 0.15) is 17.4 Å². The second kappa shape index (κ2) is 10.2. The lowest BCUT2D eigenvalue weighted by atomic mass is 9.91. The highest BCUT2D eigenvalue weighted by molar-refractivity contribution is 9.10. The van der Waals surface area contributed by atoms with Gasteiger partial charge in [-0.3, -0.25) is 0 Å². The highest BCUT2D eigenvalue weighted by Gasteiger charge is 2.35. The Morgan fingerprint density at radius 2 is 2.00 bits per heavy atom. The highest BCUT2D eigenvalue weighted by Crippen LogP contribution is 2.39. The van der Waals surface area contributed by atoms with Crippen LogP contribution < -0.4 is 15.4 Å². The predicted molar refractivity (Wildman–Crippen MR) is 136 cm³/mol. The molecule has 1 aromatic carbocycles. The standard InChI is InChI=1S/C24H30BrClN4O4/c1-24(2,3)34-23(31)30-12-16(13-30)15-10-18(25)21(19(27)11-15)33-14-17-20(4-5-28-22(17)26)29-6-8-32-9-7-29/h4-5,10-11,16H,6-9,12-14,27H2,1-3H3. The molecule has 3 heterocycles. The number of amides is 1.